The largest absolute Gasteiger partial charge is 0.497 e. The molecule has 0 saturated heterocycles. The van der Waals surface area contributed by atoms with Crippen molar-refractivity contribution < 1.29 is 19.0 Å². The molecule has 0 unspecified atom stereocenters. The number of amides is 1. The molecule has 1 amide bonds. The van der Waals surface area contributed by atoms with Crippen LogP contribution in [0, 0.1) is 0 Å². The van der Waals surface area contributed by atoms with Gasteiger partial charge >= 0.3 is 0 Å². The number of rotatable bonds is 7. The summed E-state index contributed by atoms with van der Waals surface area (Å²) in [6, 6.07) is 8.63. The molecule has 0 spiro atoms. The Morgan fingerprint density at radius 1 is 1.12 bits per heavy atom. The second-order valence-corrected chi connectivity index (χ2v) is 6.81. The van der Waals surface area contributed by atoms with Crippen LogP contribution in [0.1, 0.15) is 22.8 Å². The fourth-order valence-corrected chi connectivity index (χ4v) is 3.51. The second-order valence-electron chi connectivity index (χ2n) is 5.04. The van der Waals surface area contributed by atoms with Gasteiger partial charge in [-0.15, -0.1) is 0 Å². The van der Waals surface area contributed by atoms with Crippen LogP contribution in [0.15, 0.2) is 44.4 Å². The molecule has 8 heteroatoms. The van der Waals surface area contributed by atoms with E-state index in [2.05, 4.69) is 42.4 Å². The van der Waals surface area contributed by atoms with Gasteiger partial charge in [-0.25, -0.2) is 5.43 Å². The molecule has 138 valence electrons. The highest BCUT2D eigenvalue weighted by Crippen LogP contribution is 2.32. The zero-order valence-electron chi connectivity index (χ0n) is 14.5. The molecule has 2 aromatic rings. The van der Waals surface area contributed by atoms with Crippen molar-refractivity contribution in [2.45, 2.75) is 6.92 Å². The number of carbonyl (C=O) groups is 1. The van der Waals surface area contributed by atoms with E-state index in [1.807, 2.05) is 19.1 Å². The Morgan fingerprint density at radius 3 is 2.35 bits per heavy atom. The first-order valence-electron chi connectivity index (χ1n) is 7.66. The summed E-state index contributed by atoms with van der Waals surface area (Å²) < 4.78 is 17.6. The number of nitrogens with one attached hydrogen (secondary N) is 1. The van der Waals surface area contributed by atoms with Crippen molar-refractivity contribution in [3.8, 4) is 17.2 Å². The lowest BCUT2D eigenvalue weighted by molar-refractivity contribution is 0.0954. The van der Waals surface area contributed by atoms with Crippen LogP contribution in [0.2, 0.25) is 0 Å². The van der Waals surface area contributed by atoms with Crippen molar-refractivity contribution in [1.29, 1.82) is 0 Å². The average molecular weight is 486 g/mol. The third-order valence-electron chi connectivity index (χ3n) is 3.31. The van der Waals surface area contributed by atoms with Crippen molar-refractivity contribution in [2.75, 3.05) is 20.8 Å². The summed E-state index contributed by atoms with van der Waals surface area (Å²) in [5.41, 5.74) is 3.58. The van der Waals surface area contributed by atoms with Gasteiger partial charge in [0.05, 0.1) is 31.5 Å². The first-order valence-corrected chi connectivity index (χ1v) is 9.25. The molecule has 0 heterocycles. The quantitative estimate of drug-likeness (QED) is 0.466. The lowest BCUT2D eigenvalue weighted by atomic mass is 10.2. The molecule has 0 aliphatic rings. The number of hydrazone groups is 1. The zero-order chi connectivity index (χ0) is 19.1. The average Bonchev–Trinajstić information content (AvgIpc) is 2.63. The van der Waals surface area contributed by atoms with Gasteiger partial charge in [0, 0.05) is 21.7 Å². The van der Waals surface area contributed by atoms with Crippen LogP contribution >= 0.6 is 31.9 Å². The molecule has 0 bridgehead atoms. The fraction of sp³-hybridized carbons (Fsp3) is 0.222. The third-order valence-corrected chi connectivity index (χ3v) is 4.36. The summed E-state index contributed by atoms with van der Waals surface area (Å²) in [4.78, 5) is 12.3. The first kappa shape index (κ1) is 20.3. The molecule has 0 aliphatic heterocycles. The van der Waals surface area contributed by atoms with Crippen molar-refractivity contribution >= 4 is 44.0 Å². The summed E-state index contributed by atoms with van der Waals surface area (Å²) >= 11 is 6.88. The minimum atomic E-state index is -0.384. The summed E-state index contributed by atoms with van der Waals surface area (Å²) in [7, 11) is 3.05. The Morgan fingerprint density at radius 2 is 1.77 bits per heavy atom. The summed E-state index contributed by atoms with van der Waals surface area (Å²) in [5.74, 6) is 1.31. The molecule has 2 aromatic carbocycles. The van der Waals surface area contributed by atoms with E-state index in [0.29, 0.717) is 29.4 Å². The molecule has 0 aliphatic carbocycles. The van der Waals surface area contributed by atoms with Gasteiger partial charge in [0.2, 0.25) is 0 Å². The third kappa shape index (κ3) is 5.22. The van der Waals surface area contributed by atoms with E-state index >= 15 is 0 Å². The fourth-order valence-electron chi connectivity index (χ4n) is 2.14. The molecule has 0 atom stereocenters. The molecular formula is C18H18Br2N2O4. The number of benzene rings is 2. The Balaban J connectivity index is 2.19. The van der Waals surface area contributed by atoms with Gasteiger partial charge in [-0.2, -0.15) is 5.10 Å². The van der Waals surface area contributed by atoms with Crippen LogP contribution < -0.4 is 19.6 Å². The van der Waals surface area contributed by atoms with Gasteiger partial charge in [0.1, 0.15) is 17.2 Å². The molecule has 1 N–H and O–H groups in total. The van der Waals surface area contributed by atoms with E-state index in [1.165, 1.54) is 20.4 Å². The van der Waals surface area contributed by atoms with Crippen molar-refractivity contribution in [3.63, 3.8) is 0 Å². The Labute approximate surface area is 168 Å². The number of ether oxygens (including phenoxy) is 3. The molecule has 0 fully saturated rings. The zero-order valence-corrected chi connectivity index (χ0v) is 17.7. The predicted octanol–water partition coefficient (Wildman–Crippen LogP) is 4.39. The van der Waals surface area contributed by atoms with Crippen LogP contribution in [-0.2, 0) is 0 Å². The van der Waals surface area contributed by atoms with Gasteiger partial charge in [-0.1, -0.05) is 15.9 Å². The predicted molar refractivity (Wildman–Crippen MR) is 108 cm³/mol. The minimum Gasteiger partial charge on any atom is -0.497 e. The highest BCUT2D eigenvalue weighted by atomic mass is 79.9. The van der Waals surface area contributed by atoms with Gasteiger partial charge in [-0.3, -0.25) is 4.79 Å². The van der Waals surface area contributed by atoms with Gasteiger partial charge in [0.25, 0.3) is 5.91 Å². The van der Waals surface area contributed by atoms with E-state index in [-0.39, 0.29) is 5.91 Å². The van der Waals surface area contributed by atoms with Crippen LogP contribution in [0.3, 0.4) is 0 Å². The van der Waals surface area contributed by atoms with E-state index in [9.17, 15) is 4.79 Å². The summed E-state index contributed by atoms with van der Waals surface area (Å²) in [5, 5.41) is 4.03. The second kappa shape index (κ2) is 9.59. The van der Waals surface area contributed by atoms with Crippen molar-refractivity contribution in [3.05, 3.63) is 50.4 Å². The summed E-state index contributed by atoms with van der Waals surface area (Å²) in [6.45, 7) is 2.41. The Hall–Kier alpha value is -2.06. The first-order chi connectivity index (χ1) is 12.5. The minimum absolute atomic E-state index is 0.374. The molecule has 6 nitrogen and oxygen atoms in total. The summed E-state index contributed by atoms with van der Waals surface area (Å²) in [6.07, 6.45) is 1.52. The lowest BCUT2D eigenvalue weighted by Gasteiger charge is -2.10. The van der Waals surface area contributed by atoms with Crippen molar-refractivity contribution in [1.82, 2.24) is 5.43 Å². The Bertz CT molecular complexity index is 803. The van der Waals surface area contributed by atoms with Crippen LogP contribution in [-0.4, -0.2) is 32.9 Å². The van der Waals surface area contributed by atoms with E-state index in [4.69, 9.17) is 14.2 Å². The normalized spacial score (nSPS) is 10.7. The Kier molecular flexibility index (Phi) is 7.47. The maximum absolute atomic E-state index is 12.3. The number of hydrogen-bond acceptors (Lipinski definition) is 5. The van der Waals surface area contributed by atoms with Gasteiger partial charge in [-0.05, 0) is 47.1 Å². The molecule has 26 heavy (non-hydrogen) atoms. The smallest absolute Gasteiger partial charge is 0.271 e. The topological polar surface area (TPSA) is 69.2 Å². The lowest BCUT2D eigenvalue weighted by Crippen LogP contribution is -2.17. The maximum atomic E-state index is 12.3. The van der Waals surface area contributed by atoms with Crippen LogP contribution in [0.25, 0.3) is 0 Å². The number of hydrogen-bond donors (Lipinski definition) is 1. The van der Waals surface area contributed by atoms with Crippen molar-refractivity contribution in [2.24, 2.45) is 5.10 Å². The van der Waals surface area contributed by atoms with Crippen LogP contribution in [0.5, 0.6) is 17.2 Å². The standard InChI is InChI=1S/C18H18Br2N2O4/c1-4-26-17-12(5-13(19)8-16(17)20)10-21-22-18(23)11-6-14(24-2)9-15(7-11)25-3/h5-10H,4H2,1-3H3,(H,22,23). The highest BCUT2D eigenvalue weighted by molar-refractivity contribution is 9.11. The molecule has 0 saturated carbocycles. The number of halogens is 2. The number of nitrogens with zero attached hydrogens (tertiary/aromatic N) is 1. The van der Waals surface area contributed by atoms with E-state index in [1.54, 1.807) is 18.2 Å². The molecule has 2 rings (SSSR count). The van der Waals surface area contributed by atoms with Gasteiger partial charge in [0.15, 0.2) is 0 Å². The van der Waals surface area contributed by atoms with Gasteiger partial charge < -0.3 is 14.2 Å². The molecule has 0 aromatic heterocycles. The number of carbonyl (C=O) groups excluding carboxylic acids is 1. The molecule has 0 radical (unpaired) electrons. The monoisotopic (exact) mass is 484 g/mol. The number of methoxy groups -OCH3 is 2. The van der Waals surface area contributed by atoms with E-state index in [0.717, 1.165) is 14.5 Å². The van der Waals surface area contributed by atoms with E-state index < -0.39 is 0 Å². The maximum Gasteiger partial charge on any atom is 0.271 e. The highest BCUT2D eigenvalue weighted by Gasteiger charge is 2.11. The molecular weight excluding hydrogens is 468 g/mol. The SMILES string of the molecule is CCOc1c(Br)cc(Br)cc1C=NNC(=O)c1cc(OC)cc(OC)c1. The van der Waals surface area contributed by atoms with Crippen LogP contribution in [0.4, 0.5) is 0 Å².